The highest BCUT2D eigenvalue weighted by atomic mass is 32.2. The molecule has 0 fully saturated rings. The summed E-state index contributed by atoms with van der Waals surface area (Å²) in [5, 5.41) is 8.91. The molecule has 0 amide bonds. The predicted molar refractivity (Wildman–Crippen MR) is 148 cm³/mol. The lowest BCUT2D eigenvalue weighted by Gasteiger charge is -2.24. The summed E-state index contributed by atoms with van der Waals surface area (Å²) < 4.78 is 97.8. The molecule has 0 aliphatic rings. The van der Waals surface area contributed by atoms with E-state index < -0.39 is 50.1 Å². The third-order valence-corrected chi connectivity index (χ3v) is 10.1. The molecule has 1 heterocycles. The molecule has 0 atom stereocenters. The zero-order valence-electron chi connectivity index (χ0n) is 22.4. The largest absolute Gasteiger partial charge is 0.480 e. The Kier molecular flexibility index (Phi) is 8.67. The van der Waals surface area contributed by atoms with E-state index in [1.54, 1.807) is 62.4 Å². The Morgan fingerprint density at radius 3 is 2.02 bits per heavy atom. The molecule has 13 heteroatoms. The van der Waals surface area contributed by atoms with E-state index in [0.717, 1.165) is 16.4 Å². The number of benzene rings is 3. The van der Waals surface area contributed by atoms with Crippen LogP contribution >= 0.6 is 0 Å². The first-order valence-electron chi connectivity index (χ1n) is 12.4. The summed E-state index contributed by atoms with van der Waals surface area (Å²) in [7, 11) is -8.26. The van der Waals surface area contributed by atoms with Crippen LogP contribution in [0.2, 0.25) is 0 Å². The SMILES string of the molecule is Cc1cccc(C)c1S(=O)(=O)N(Cc1ccc(-c2cccc(S(=O)(=O)CC(=O)O)c2)cc1)Cc1ccc(C(F)(F)F)o1. The van der Waals surface area contributed by atoms with E-state index >= 15 is 0 Å². The van der Waals surface area contributed by atoms with Crippen LogP contribution in [0.4, 0.5) is 13.2 Å². The molecule has 4 rings (SSSR count). The molecule has 0 bridgehead atoms. The molecule has 0 radical (unpaired) electrons. The maximum atomic E-state index is 13.8. The highest BCUT2D eigenvalue weighted by Gasteiger charge is 2.36. The number of carboxylic acid groups (broad SMARTS) is 1. The first-order chi connectivity index (χ1) is 19.6. The van der Waals surface area contributed by atoms with Gasteiger partial charge in [0.15, 0.2) is 15.6 Å². The van der Waals surface area contributed by atoms with E-state index in [9.17, 15) is 34.8 Å². The molecule has 0 spiro atoms. The van der Waals surface area contributed by atoms with Crippen LogP contribution in [0.25, 0.3) is 11.1 Å². The molecular formula is C29H26F3NO7S2. The summed E-state index contributed by atoms with van der Waals surface area (Å²) in [4.78, 5) is 10.8. The summed E-state index contributed by atoms with van der Waals surface area (Å²) in [5.41, 5.74) is 2.53. The number of aryl methyl sites for hydroxylation is 2. The third kappa shape index (κ3) is 6.92. The number of sulfone groups is 1. The van der Waals surface area contributed by atoms with Gasteiger partial charge < -0.3 is 9.52 Å². The zero-order chi connectivity index (χ0) is 30.9. The van der Waals surface area contributed by atoms with E-state index in [-0.39, 0.29) is 22.1 Å². The van der Waals surface area contributed by atoms with Crippen molar-refractivity contribution in [2.75, 3.05) is 5.75 Å². The summed E-state index contributed by atoms with van der Waals surface area (Å²) in [6.07, 6.45) is -4.73. The van der Waals surface area contributed by atoms with Crippen molar-refractivity contribution in [1.29, 1.82) is 0 Å². The molecule has 0 unspecified atom stereocenters. The number of rotatable bonds is 10. The first-order valence-corrected chi connectivity index (χ1v) is 15.5. The molecule has 222 valence electrons. The number of nitrogens with zero attached hydrogens (tertiary/aromatic N) is 1. The molecule has 8 nitrogen and oxygen atoms in total. The van der Waals surface area contributed by atoms with Gasteiger partial charge in [-0.1, -0.05) is 54.6 Å². The maximum absolute atomic E-state index is 13.8. The van der Waals surface area contributed by atoms with Crippen LogP contribution in [-0.2, 0) is 43.9 Å². The van der Waals surface area contributed by atoms with E-state index in [1.807, 2.05) is 0 Å². The van der Waals surface area contributed by atoms with Gasteiger partial charge in [-0.05, 0) is 65.9 Å². The van der Waals surface area contributed by atoms with Gasteiger partial charge in [-0.25, -0.2) is 16.8 Å². The number of carbonyl (C=O) groups is 1. The topological polar surface area (TPSA) is 122 Å². The number of halogens is 3. The van der Waals surface area contributed by atoms with Crippen molar-refractivity contribution in [2.24, 2.45) is 0 Å². The highest BCUT2D eigenvalue weighted by molar-refractivity contribution is 7.92. The number of hydrogen-bond acceptors (Lipinski definition) is 6. The zero-order valence-corrected chi connectivity index (χ0v) is 24.1. The van der Waals surface area contributed by atoms with Gasteiger partial charge in [0.1, 0.15) is 5.76 Å². The molecule has 0 saturated heterocycles. The third-order valence-electron chi connectivity index (χ3n) is 6.43. The van der Waals surface area contributed by atoms with Crippen molar-refractivity contribution < 1.29 is 44.3 Å². The second-order valence-electron chi connectivity index (χ2n) is 9.64. The van der Waals surface area contributed by atoms with Crippen LogP contribution in [0, 0.1) is 13.8 Å². The minimum absolute atomic E-state index is 0.0450. The Hall–Kier alpha value is -3.94. The smallest absolute Gasteiger partial charge is 0.449 e. The Balaban J connectivity index is 1.67. The number of sulfonamides is 1. The molecule has 0 aliphatic carbocycles. The normalized spacial score (nSPS) is 12.5. The average Bonchev–Trinajstić information content (AvgIpc) is 3.37. The number of furan rings is 1. The van der Waals surface area contributed by atoms with E-state index in [0.29, 0.717) is 27.8 Å². The molecular weight excluding hydrogens is 595 g/mol. The highest BCUT2D eigenvalue weighted by Crippen LogP contribution is 2.33. The molecule has 0 aliphatic heterocycles. The lowest BCUT2D eigenvalue weighted by molar-refractivity contribution is -0.153. The van der Waals surface area contributed by atoms with Crippen LogP contribution in [-0.4, -0.2) is 38.0 Å². The number of hydrogen-bond donors (Lipinski definition) is 1. The van der Waals surface area contributed by atoms with Crippen molar-refractivity contribution in [3.63, 3.8) is 0 Å². The average molecular weight is 622 g/mol. The van der Waals surface area contributed by atoms with Crippen molar-refractivity contribution in [2.45, 2.75) is 42.9 Å². The molecule has 4 aromatic rings. The fourth-order valence-electron chi connectivity index (χ4n) is 4.47. The van der Waals surface area contributed by atoms with Gasteiger partial charge in [-0.2, -0.15) is 17.5 Å². The van der Waals surface area contributed by atoms with Crippen molar-refractivity contribution >= 4 is 25.8 Å². The van der Waals surface area contributed by atoms with Crippen LogP contribution < -0.4 is 0 Å². The fraction of sp³-hybridized carbons (Fsp3) is 0.207. The summed E-state index contributed by atoms with van der Waals surface area (Å²) in [5.74, 6) is -3.96. The monoisotopic (exact) mass is 621 g/mol. The van der Waals surface area contributed by atoms with E-state index in [4.69, 9.17) is 9.52 Å². The van der Waals surface area contributed by atoms with Gasteiger partial charge >= 0.3 is 12.1 Å². The van der Waals surface area contributed by atoms with Gasteiger partial charge in [0.05, 0.1) is 16.3 Å². The standard InChI is InChI=1S/C29H26F3NO7S2/c1-19-5-3-6-20(2)28(19)42(38,39)33(17-24-13-14-26(40-24)29(30,31)32)16-21-9-11-22(12-10-21)23-7-4-8-25(15-23)41(36,37)18-27(34)35/h3-15H,16-18H2,1-2H3,(H,34,35). The Labute approximate surface area is 241 Å². The van der Waals surface area contributed by atoms with Crippen LogP contribution in [0.15, 0.2) is 93.1 Å². The summed E-state index contributed by atoms with van der Waals surface area (Å²) in [6.45, 7) is 2.60. The van der Waals surface area contributed by atoms with Gasteiger partial charge in [0, 0.05) is 6.54 Å². The maximum Gasteiger partial charge on any atom is 0.449 e. The number of alkyl halides is 3. The van der Waals surface area contributed by atoms with E-state index in [2.05, 4.69) is 0 Å². The van der Waals surface area contributed by atoms with Gasteiger partial charge in [0.2, 0.25) is 15.8 Å². The van der Waals surface area contributed by atoms with Gasteiger partial charge in [-0.15, -0.1) is 0 Å². The first kappa shape index (κ1) is 31.0. The van der Waals surface area contributed by atoms with Crippen LogP contribution in [0.3, 0.4) is 0 Å². The quantitative estimate of drug-likeness (QED) is 0.236. The summed E-state index contributed by atoms with van der Waals surface area (Å²) in [6, 6.07) is 19.1. The van der Waals surface area contributed by atoms with Gasteiger partial charge in [-0.3, -0.25) is 4.79 Å². The molecule has 1 aromatic heterocycles. The number of aliphatic carboxylic acids is 1. The van der Waals surface area contributed by atoms with Crippen molar-refractivity contribution in [3.8, 4) is 11.1 Å². The second-order valence-corrected chi connectivity index (χ2v) is 13.5. The Morgan fingerprint density at radius 2 is 1.45 bits per heavy atom. The molecule has 0 saturated carbocycles. The Morgan fingerprint density at radius 1 is 0.833 bits per heavy atom. The van der Waals surface area contributed by atoms with Crippen molar-refractivity contribution in [3.05, 3.63) is 107 Å². The van der Waals surface area contributed by atoms with Crippen molar-refractivity contribution in [1.82, 2.24) is 4.31 Å². The van der Waals surface area contributed by atoms with Crippen LogP contribution in [0.5, 0.6) is 0 Å². The number of carboxylic acids is 1. The lowest BCUT2D eigenvalue weighted by Crippen LogP contribution is -2.31. The summed E-state index contributed by atoms with van der Waals surface area (Å²) >= 11 is 0. The Bertz CT molecular complexity index is 1810. The second kappa shape index (κ2) is 11.7. The van der Waals surface area contributed by atoms with Crippen LogP contribution in [0.1, 0.15) is 28.2 Å². The predicted octanol–water partition coefficient (Wildman–Crippen LogP) is 5.83. The van der Waals surface area contributed by atoms with E-state index in [1.165, 1.54) is 18.2 Å². The fourth-order valence-corrected chi connectivity index (χ4v) is 7.38. The minimum Gasteiger partial charge on any atom is -0.480 e. The minimum atomic E-state index is -4.73. The molecule has 3 aromatic carbocycles. The lowest BCUT2D eigenvalue weighted by atomic mass is 10.0. The molecule has 42 heavy (non-hydrogen) atoms. The molecule has 1 N–H and O–H groups in total. The van der Waals surface area contributed by atoms with Gasteiger partial charge in [0.25, 0.3) is 0 Å².